The van der Waals surface area contributed by atoms with Gasteiger partial charge in [-0.25, -0.2) is 13.2 Å². The summed E-state index contributed by atoms with van der Waals surface area (Å²) in [7, 11) is 0. The highest BCUT2D eigenvalue weighted by Crippen LogP contribution is 2.25. The van der Waals surface area contributed by atoms with E-state index < -0.39 is 17.5 Å². The van der Waals surface area contributed by atoms with Gasteiger partial charge in [0.1, 0.15) is 5.69 Å². The number of nitrogens with zero attached hydrogens (tertiary/aromatic N) is 1. The molecule has 0 saturated carbocycles. The number of halogens is 3. The van der Waals surface area contributed by atoms with E-state index in [0.717, 1.165) is 12.1 Å². The molecule has 2 N–H and O–H groups in total. The van der Waals surface area contributed by atoms with Crippen LogP contribution in [-0.4, -0.2) is 5.16 Å². The van der Waals surface area contributed by atoms with Crippen LogP contribution in [-0.2, 0) is 6.54 Å². The third-order valence-corrected chi connectivity index (χ3v) is 2.07. The molecule has 6 heteroatoms. The fourth-order valence-corrected chi connectivity index (χ4v) is 1.26. The Morgan fingerprint density at radius 2 is 1.94 bits per heavy atom. The summed E-state index contributed by atoms with van der Waals surface area (Å²) in [6.07, 6.45) is 0. The summed E-state index contributed by atoms with van der Waals surface area (Å²) in [6, 6.07) is 3.28. The molecule has 0 amide bonds. The zero-order valence-corrected chi connectivity index (χ0v) is 8.01. The van der Waals surface area contributed by atoms with Gasteiger partial charge in [0, 0.05) is 11.6 Å². The maximum absolute atomic E-state index is 13.3. The molecule has 0 spiro atoms. The van der Waals surface area contributed by atoms with Crippen molar-refractivity contribution in [3.63, 3.8) is 0 Å². The first-order valence-corrected chi connectivity index (χ1v) is 4.43. The van der Waals surface area contributed by atoms with Crippen LogP contribution in [0.2, 0.25) is 0 Å². The molecule has 0 radical (unpaired) electrons. The summed E-state index contributed by atoms with van der Waals surface area (Å²) < 4.78 is 43.7. The second-order valence-electron chi connectivity index (χ2n) is 3.11. The third-order valence-electron chi connectivity index (χ3n) is 2.07. The molecule has 0 aliphatic carbocycles. The second kappa shape index (κ2) is 3.97. The van der Waals surface area contributed by atoms with Crippen LogP contribution in [0.4, 0.5) is 13.2 Å². The Labute approximate surface area is 88.7 Å². The van der Waals surface area contributed by atoms with Gasteiger partial charge in [0.15, 0.2) is 23.2 Å². The zero-order valence-electron chi connectivity index (χ0n) is 8.01. The average molecular weight is 228 g/mol. The lowest BCUT2D eigenvalue weighted by molar-refractivity contribution is 0.386. The molecule has 0 aliphatic heterocycles. The quantitative estimate of drug-likeness (QED) is 0.802. The first-order chi connectivity index (χ1) is 7.63. The van der Waals surface area contributed by atoms with Crippen molar-refractivity contribution in [2.24, 2.45) is 5.73 Å². The van der Waals surface area contributed by atoms with Crippen molar-refractivity contribution in [2.45, 2.75) is 6.54 Å². The number of hydrogen-bond donors (Lipinski definition) is 1. The van der Waals surface area contributed by atoms with E-state index in [1.54, 1.807) is 0 Å². The minimum absolute atomic E-state index is 0.0804. The predicted molar refractivity (Wildman–Crippen MR) is 49.7 cm³/mol. The standard InChI is InChI=1S/C10H7F3N2O/c11-7-2-1-6(9(12)10(7)13)8-3-5(4-14)16-15-8/h1-3H,4,14H2. The Morgan fingerprint density at radius 1 is 1.19 bits per heavy atom. The first-order valence-electron chi connectivity index (χ1n) is 4.43. The lowest BCUT2D eigenvalue weighted by Crippen LogP contribution is -1.94. The third kappa shape index (κ3) is 1.67. The molecule has 2 rings (SSSR count). The number of aromatic nitrogens is 1. The minimum Gasteiger partial charge on any atom is -0.359 e. The molecule has 16 heavy (non-hydrogen) atoms. The second-order valence-corrected chi connectivity index (χ2v) is 3.11. The van der Waals surface area contributed by atoms with E-state index in [2.05, 4.69) is 5.16 Å². The van der Waals surface area contributed by atoms with Gasteiger partial charge in [0.25, 0.3) is 0 Å². The van der Waals surface area contributed by atoms with E-state index in [-0.39, 0.29) is 17.8 Å². The van der Waals surface area contributed by atoms with E-state index in [9.17, 15) is 13.2 Å². The Bertz CT molecular complexity index is 525. The number of nitrogens with two attached hydrogens (primary N) is 1. The lowest BCUT2D eigenvalue weighted by atomic mass is 10.1. The highest BCUT2D eigenvalue weighted by Gasteiger charge is 2.17. The van der Waals surface area contributed by atoms with Gasteiger partial charge < -0.3 is 10.3 Å². The Kier molecular flexibility index (Phi) is 2.66. The molecule has 0 fully saturated rings. The molecule has 0 bridgehead atoms. The van der Waals surface area contributed by atoms with Crippen LogP contribution in [0.25, 0.3) is 11.3 Å². The van der Waals surface area contributed by atoms with Crippen LogP contribution in [0.15, 0.2) is 22.7 Å². The van der Waals surface area contributed by atoms with Crippen LogP contribution >= 0.6 is 0 Å². The number of rotatable bonds is 2. The molecular formula is C10H7F3N2O. The first kappa shape index (κ1) is 10.7. The molecule has 0 aliphatic rings. The molecule has 2 aromatic rings. The van der Waals surface area contributed by atoms with Crippen molar-refractivity contribution in [2.75, 3.05) is 0 Å². The van der Waals surface area contributed by atoms with E-state index in [1.807, 2.05) is 0 Å². The Hall–Kier alpha value is -1.82. The monoisotopic (exact) mass is 228 g/mol. The van der Waals surface area contributed by atoms with E-state index in [0.29, 0.717) is 5.76 Å². The van der Waals surface area contributed by atoms with E-state index in [1.165, 1.54) is 6.07 Å². The van der Waals surface area contributed by atoms with Crippen LogP contribution < -0.4 is 5.73 Å². The normalized spacial score (nSPS) is 10.8. The van der Waals surface area contributed by atoms with Gasteiger partial charge in [0.05, 0.1) is 6.54 Å². The lowest BCUT2D eigenvalue weighted by Gasteiger charge is -1.99. The van der Waals surface area contributed by atoms with Gasteiger partial charge in [-0.15, -0.1) is 0 Å². The van der Waals surface area contributed by atoms with E-state index in [4.69, 9.17) is 10.3 Å². The molecule has 1 aromatic heterocycles. The summed E-state index contributed by atoms with van der Waals surface area (Å²) in [5.41, 5.74) is 5.19. The molecule has 1 aromatic carbocycles. The maximum Gasteiger partial charge on any atom is 0.195 e. The number of benzene rings is 1. The van der Waals surface area contributed by atoms with Gasteiger partial charge in [-0.05, 0) is 12.1 Å². The summed E-state index contributed by atoms with van der Waals surface area (Å²) in [5.74, 6) is -3.74. The molecule has 0 saturated heterocycles. The predicted octanol–water partition coefficient (Wildman–Crippen LogP) is 2.22. The SMILES string of the molecule is NCc1cc(-c2ccc(F)c(F)c2F)no1. The van der Waals surface area contributed by atoms with Crippen molar-refractivity contribution in [1.82, 2.24) is 5.16 Å². The summed E-state index contributed by atoms with van der Waals surface area (Å²) in [6.45, 7) is 0.0955. The van der Waals surface area contributed by atoms with Gasteiger partial charge in [-0.2, -0.15) is 0 Å². The number of hydrogen-bond acceptors (Lipinski definition) is 3. The van der Waals surface area contributed by atoms with Crippen molar-refractivity contribution in [3.05, 3.63) is 41.4 Å². The van der Waals surface area contributed by atoms with Crippen molar-refractivity contribution in [3.8, 4) is 11.3 Å². The summed E-state index contributed by atoms with van der Waals surface area (Å²) in [5, 5.41) is 3.50. The fraction of sp³-hybridized carbons (Fsp3) is 0.100. The van der Waals surface area contributed by atoms with Crippen LogP contribution in [0.5, 0.6) is 0 Å². The maximum atomic E-state index is 13.3. The van der Waals surface area contributed by atoms with Gasteiger partial charge >= 0.3 is 0 Å². The van der Waals surface area contributed by atoms with Crippen LogP contribution in [0.3, 0.4) is 0 Å². The largest absolute Gasteiger partial charge is 0.359 e. The average Bonchev–Trinajstić information content (AvgIpc) is 2.74. The van der Waals surface area contributed by atoms with Crippen LogP contribution in [0, 0.1) is 17.5 Å². The molecule has 3 nitrogen and oxygen atoms in total. The van der Waals surface area contributed by atoms with Crippen molar-refractivity contribution >= 4 is 0 Å². The van der Waals surface area contributed by atoms with Crippen LogP contribution in [0.1, 0.15) is 5.76 Å². The molecule has 0 atom stereocenters. The Balaban J connectivity index is 2.52. The van der Waals surface area contributed by atoms with Crippen molar-refractivity contribution in [1.29, 1.82) is 0 Å². The fourth-order valence-electron chi connectivity index (χ4n) is 1.26. The molecule has 1 heterocycles. The summed E-state index contributed by atoms with van der Waals surface area (Å²) >= 11 is 0. The molecule has 84 valence electrons. The summed E-state index contributed by atoms with van der Waals surface area (Å²) in [4.78, 5) is 0. The smallest absolute Gasteiger partial charge is 0.195 e. The molecular weight excluding hydrogens is 221 g/mol. The highest BCUT2D eigenvalue weighted by atomic mass is 19.2. The van der Waals surface area contributed by atoms with Gasteiger partial charge in [-0.3, -0.25) is 0 Å². The Morgan fingerprint density at radius 3 is 2.56 bits per heavy atom. The molecule has 0 unspecified atom stereocenters. The zero-order chi connectivity index (χ0) is 11.7. The topological polar surface area (TPSA) is 52.0 Å². The minimum atomic E-state index is -1.53. The highest BCUT2D eigenvalue weighted by molar-refractivity contribution is 5.59. The van der Waals surface area contributed by atoms with Gasteiger partial charge in [-0.1, -0.05) is 5.16 Å². The van der Waals surface area contributed by atoms with Crippen molar-refractivity contribution < 1.29 is 17.7 Å². The van der Waals surface area contributed by atoms with Gasteiger partial charge in [0.2, 0.25) is 0 Å². The van der Waals surface area contributed by atoms with E-state index >= 15 is 0 Å².